The lowest BCUT2D eigenvalue weighted by molar-refractivity contribution is 0.122. The second-order valence-electron chi connectivity index (χ2n) is 18.7. The molecule has 4 fully saturated rings. The summed E-state index contributed by atoms with van der Waals surface area (Å²) in [4.78, 5) is 35.2. The topological polar surface area (TPSA) is 165 Å². The Labute approximate surface area is 447 Å². The highest BCUT2D eigenvalue weighted by Crippen LogP contribution is 2.39. The summed E-state index contributed by atoms with van der Waals surface area (Å²) in [5, 5.41) is 5.52. The van der Waals surface area contributed by atoms with Crippen LogP contribution in [0.3, 0.4) is 0 Å². The zero-order valence-electron chi connectivity index (χ0n) is 42.6. The van der Waals surface area contributed by atoms with Crippen LogP contribution in [0.25, 0.3) is 44.3 Å². The van der Waals surface area contributed by atoms with Gasteiger partial charge < -0.3 is 49.6 Å². The van der Waals surface area contributed by atoms with Gasteiger partial charge in [-0.3, -0.25) is 9.97 Å². The van der Waals surface area contributed by atoms with E-state index in [-0.39, 0.29) is 0 Å². The third kappa shape index (κ3) is 12.4. The van der Waals surface area contributed by atoms with Crippen LogP contribution in [0, 0.1) is 37.1 Å². The molecule has 0 unspecified atom stereocenters. The van der Waals surface area contributed by atoms with Crippen LogP contribution in [0.1, 0.15) is 11.1 Å². The molecule has 3 N–H and O–H groups in total. The molecule has 4 aliphatic rings. The number of hydrogen-bond acceptors (Lipinski definition) is 16. The summed E-state index contributed by atoms with van der Waals surface area (Å²) in [5.74, 6) is -0.0267. The second-order valence-corrected chi connectivity index (χ2v) is 19.0. The van der Waals surface area contributed by atoms with Crippen molar-refractivity contribution in [1.29, 1.82) is 0 Å². The van der Waals surface area contributed by atoms with E-state index in [1.807, 2.05) is 25.4 Å². The summed E-state index contributed by atoms with van der Waals surface area (Å²) < 4.78 is 76.8. The molecule has 2 aromatic carbocycles. The highest BCUT2D eigenvalue weighted by atomic mass is 35.5. The molecular formula is C56H57ClF4N12O4. The number of hydrogen-bond donors (Lipinski definition) is 2. The summed E-state index contributed by atoms with van der Waals surface area (Å²) in [6.07, 6.45) is 9.13. The lowest BCUT2D eigenvalue weighted by atomic mass is 10.0. The van der Waals surface area contributed by atoms with Crippen LogP contribution in [0.15, 0.2) is 97.8 Å². The molecule has 6 aromatic heterocycles. The fourth-order valence-electron chi connectivity index (χ4n) is 9.62. The van der Waals surface area contributed by atoms with Gasteiger partial charge in [-0.15, -0.1) is 0 Å². The molecule has 16 nitrogen and oxygen atoms in total. The van der Waals surface area contributed by atoms with Gasteiger partial charge >= 0.3 is 0 Å². The van der Waals surface area contributed by atoms with Crippen LogP contribution in [-0.4, -0.2) is 135 Å². The van der Waals surface area contributed by atoms with Gasteiger partial charge in [0.2, 0.25) is 0 Å². The Balaban J connectivity index is 0.000000145. The number of pyridine rings is 6. The van der Waals surface area contributed by atoms with E-state index in [1.165, 1.54) is 42.6 Å². The number of nitrogens with two attached hydrogens (primary N) is 1. The molecule has 0 aliphatic carbocycles. The average Bonchev–Trinajstić information content (AvgIpc) is 3.50. The Hall–Kier alpha value is -7.49. The molecule has 0 bridgehead atoms. The second kappa shape index (κ2) is 24.2. The predicted octanol–water partition coefficient (Wildman–Crippen LogP) is 9.57. The molecule has 10 heterocycles. The van der Waals surface area contributed by atoms with E-state index in [1.54, 1.807) is 25.3 Å². The van der Waals surface area contributed by atoms with E-state index in [9.17, 15) is 17.6 Å². The van der Waals surface area contributed by atoms with Crippen LogP contribution < -0.4 is 30.7 Å². The summed E-state index contributed by atoms with van der Waals surface area (Å²) in [5.41, 5.74) is 15.0. The van der Waals surface area contributed by atoms with Crippen LogP contribution in [-0.2, 0) is 18.9 Å². The lowest BCUT2D eigenvalue weighted by Crippen LogP contribution is -2.38. The van der Waals surface area contributed by atoms with Crippen molar-refractivity contribution in [2.75, 3.05) is 136 Å². The maximum Gasteiger partial charge on any atom is 0.152 e. The van der Waals surface area contributed by atoms with Crippen molar-refractivity contribution in [3.63, 3.8) is 0 Å². The minimum atomic E-state index is -0.463. The van der Waals surface area contributed by atoms with Gasteiger partial charge in [-0.05, 0) is 73.5 Å². The molecule has 4 saturated heterocycles. The van der Waals surface area contributed by atoms with Gasteiger partial charge in [-0.25, -0.2) is 37.5 Å². The maximum absolute atomic E-state index is 14.3. The minimum absolute atomic E-state index is 0.395. The van der Waals surface area contributed by atoms with Gasteiger partial charge in [0.15, 0.2) is 11.6 Å². The van der Waals surface area contributed by atoms with Crippen LogP contribution in [0.5, 0.6) is 0 Å². The number of benzene rings is 2. The summed E-state index contributed by atoms with van der Waals surface area (Å²) in [7, 11) is 0. The Morgan fingerprint density at radius 2 is 0.935 bits per heavy atom. The van der Waals surface area contributed by atoms with Gasteiger partial charge in [0.25, 0.3) is 0 Å². The number of anilines is 7. The molecular weight excluding hydrogens is 1020 g/mol. The summed E-state index contributed by atoms with van der Waals surface area (Å²) >= 11 is 6.30. The Bertz CT molecular complexity index is 3380. The number of aromatic nitrogens is 6. The number of ether oxygens (including phenoxy) is 4. The predicted molar refractivity (Wildman–Crippen MR) is 293 cm³/mol. The number of nitrogens with one attached hydrogen (secondary N) is 1. The SMILES string of the molecule is Cc1c(-c2cncc(F)c2)nc2cc(F)ccc2c1Cl.Cc1c(-c2cncc(F)c2)nc2cc(F)ccc2c1Nc1cc(N2CCOCC2)cnc1N1CCOCC1.Nc1cc(N2CCOCC2)cnc1N1CCOCC1. The quantitative estimate of drug-likeness (QED) is 0.138. The van der Waals surface area contributed by atoms with Gasteiger partial charge in [-0.1, -0.05) is 11.6 Å². The zero-order chi connectivity index (χ0) is 53.4. The number of morpholine rings is 4. The van der Waals surface area contributed by atoms with Gasteiger partial charge in [0, 0.05) is 98.8 Å². The maximum atomic E-state index is 14.3. The Kier molecular flexibility index (Phi) is 16.7. The molecule has 77 heavy (non-hydrogen) atoms. The molecule has 0 spiro atoms. The molecule has 8 aromatic rings. The van der Waals surface area contributed by atoms with E-state index in [0.29, 0.717) is 75.9 Å². The molecule has 0 amide bonds. The van der Waals surface area contributed by atoms with Gasteiger partial charge in [0.05, 0.1) is 134 Å². The molecule has 400 valence electrons. The van der Waals surface area contributed by atoms with Crippen molar-refractivity contribution in [1.82, 2.24) is 29.9 Å². The third-order valence-electron chi connectivity index (χ3n) is 13.6. The van der Waals surface area contributed by atoms with Crippen molar-refractivity contribution >= 4 is 73.5 Å². The van der Waals surface area contributed by atoms with Crippen LogP contribution in [0.4, 0.5) is 57.6 Å². The number of rotatable bonds is 8. The van der Waals surface area contributed by atoms with Crippen LogP contribution in [0.2, 0.25) is 5.02 Å². The average molecular weight is 1070 g/mol. The smallest absolute Gasteiger partial charge is 0.152 e. The van der Waals surface area contributed by atoms with Crippen LogP contribution >= 0.6 is 11.6 Å². The lowest BCUT2D eigenvalue weighted by Gasteiger charge is -2.32. The summed E-state index contributed by atoms with van der Waals surface area (Å²) in [6.45, 7) is 15.8. The van der Waals surface area contributed by atoms with Gasteiger partial charge in [0.1, 0.15) is 23.3 Å². The third-order valence-corrected chi connectivity index (χ3v) is 14.1. The molecule has 0 saturated carbocycles. The first-order chi connectivity index (χ1) is 37.5. The number of nitrogens with zero attached hydrogens (tertiary/aromatic N) is 10. The molecule has 12 rings (SSSR count). The molecule has 0 atom stereocenters. The number of halogens is 5. The Morgan fingerprint density at radius 3 is 1.44 bits per heavy atom. The molecule has 21 heteroatoms. The zero-order valence-corrected chi connectivity index (χ0v) is 43.4. The Morgan fingerprint density at radius 1 is 0.494 bits per heavy atom. The minimum Gasteiger partial charge on any atom is -0.396 e. The monoisotopic (exact) mass is 1070 g/mol. The highest BCUT2D eigenvalue weighted by molar-refractivity contribution is 6.36. The van der Waals surface area contributed by atoms with E-state index in [2.05, 4.69) is 50.9 Å². The van der Waals surface area contributed by atoms with E-state index < -0.39 is 23.3 Å². The standard InChI is InChI=1S/C28H28F2N6O2.C15H9ClF2N2.C13H20N4O2/c1-18-26(19-12-21(30)16-31-15-19)33-24-13-20(29)2-3-23(24)27(18)34-25-14-22(35-4-8-37-9-5-35)17-32-28(25)36-6-10-38-11-7-36;1-8-14(16)12-3-2-10(17)5-13(12)20-15(8)9-4-11(18)7-19-6-9;14-12-9-11(16-1-5-18-6-2-16)10-15-13(12)17-3-7-19-8-4-17/h2-3,12-17H,4-11H2,1H3,(H,33,34);2-7H,1H3;9-10H,1-8,14H2. The van der Waals surface area contributed by atoms with E-state index in [0.717, 1.165) is 142 Å². The number of fused-ring (bicyclic) bond motifs is 2. The highest BCUT2D eigenvalue weighted by Gasteiger charge is 2.24. The van der Waals surface area contributed by atoms with Crippen molar-refractivity contribution < 1.29 is 36.5 Å². The molecule has 0 radical (unpaired) electrons. The molecule has 4 aliphatic heterocycles. The fourth-order valence-corrected chi connectivity index (χ4v) is 9.87. The van der Waals surface area contributed by atoms with Crippen molar-refractivity contribution in [3.8, 4) is 22.5 Å². The van der Waals surface area contributed by atoms with E-state index >= 15 is 0 Å². The largest absolute Gasteiger partial charge is 0.396 e. The number of nitrogen functional groups attached to an aromatic ring is 1. The van der Waals surface area contributed by atoms with E-state index in [4.69, 9.17) is 46.3 Å². The summed E-state index contributed by atoms with van der Waals surface area (Å²) in [6, 6.07) is 15.6. The normalized spacial score (nSPS) is 15.9. The fraction of sp³-hybridized carbons (Fsp3) is 0.321. The van der Waals surface area contributed by atoms with Crippen molar-refractivity contribution in [2.45, 2.75) is 13.8 Å². The van der Waals surface area contributed by atoms with Crippen molar-refractivity contribution in [2.24, 2.45) is 0 Å². The first-order valence-electron chi connectivity index (χ1n) is 25.4. The first-order valence-corrected chi connectivity index (χ1v) is 25.8. The first kappa shape index (κ1) is 52.9. The van der Waals surface area contributed by atoms with Gasteiger partial charge in [-0.2, -0.15) is 0 Å². The van der Waals surface area contributed by atoms with Crippen molar-refractivity contribution in [3.05, 3.63) is 137 Å².